The van der Waals surface area contributed by atoms with E-state index < -0.39 is 5.91 Å². The van der Waals surface area contributed by atoms with Crippen molar-refractivity contribution in [1.29, 1.82) is 0 Å². The van der Waals surface area contributed by atoms with Crippen molar-refractivity contribution in [2.75, 3.05) is 14.1 Å². The van der Waals surface area contributed by atoms with E-state index in [0.29, 0.717) is 5.69 Å². The van der Waals surface area contributed by atoms with Crippen LogP contribution in [-0.2, 0) is 6.42 Å². The molecule has 0 aliphatic heterocycles. The van der Waals surface area contributed by atoms with E-state index in [9.17, 15) is 14.6 Å². The first kappa shape index (κ1) is 12.7. The molecular formula is C11H13FN2O2Se. The molecule has 0 unspecified atom stereocenters. The van der Waals surface area contributed by atoms with Crippen molar-refractivity contribution >= 4 is 24.4 Å². The van der Waals surface area contributed by atoms with Gasteiger partial charge in [0.15, 0.2) is 0 Å². The molecule has 0 saturated carbocycles. The standard InChI is InChI=1S/C11H13FN2O2Se/c1-14(2)11(15,16)6-9-8-4-3-7(12)5-10(8)17-13-9/h3-5,15-16H,6H2,1-2H3. The van der Waals surface area contributed by atoms with Gasteiger partial charge in [0.2, 0.25) is 0 Å². The second-order valence-corrected chi connectivity index (χ2v) is 5.80. The molecule has 92 valence electrons. The van der Waals surface area contributed by atoms with Gasteiger partial charge in [-0.15, -0.1) is 0 Å². The second kappa shape index (κ2) is 4.48. The van der Waals surface area contributed by atoms with Crippen molar-refractivity contribution in [2.24, 2.45) is 0 Å². The van der Waals surface area contributed by atoms with Crippen molar-refractivity contribution < 1.29 is 14.6 Å². The molecule has 1 aromatic carbocycles. The van der Waals surface area contributed by atoms with E-state index >= 15 is 0 Å². The summed E-state index contributed by atoms with van der Waals surface area (Å²) in [5, 5.41) is 20.4. The molecule has 0 aliphatic rings. The summed E-state index contributed by atoms with van der Waals surface area (Å²) in [5.74, 6) is -2.21. The van der Waals surface area contributed by atoms with E-state index in [1.54, 1.807) is 20.2 Å². The number of aliphatic hydroxyl groups is 2. The third-order valence-electron chi connectivity index (χ3n) is 2.63. The fourth-order valence-electron chi connectivity index (χ4n) is 1.47. The van der Waals surface area contributed by atoms with Crippen LogP contribution in [0.3, 0.4) is 0 Å². The molecule has 17 heavy (non-hydrogen) atoms. The van der Waals surface area contributed by atoms with Crippen LogP contribution in [0.15, 0.2) is 18.2 Å². The summed E-state index contributed by atoms with van der Waals surface area (Å²) < 4.78 is 18.1. The monoisotopic (exact) mass is 304 g/mol. The number of benzene rings is 1. The molecule has 0 bridgehead atoms. The zero-order valence-electron chi connectivity index (χ0n) is 9.51. The molecule has 4 nitrogen and oxygen atoms in total. The Hall–Kier alpha value is -0.781. The maximum absolute atomic E-state index is 13.0. The normalized spacial score (nSPS) is 12.6. The molecule has 1 heterocycles. The van der Waals surface area contributed by atoms with Crippen molar-refractivity contribution in [1.82, 2.24) is 8.88 Å². The molecule has 0 saturated heterocycles. The molecule has 1 aromatic heterocycles. The van der Waals surface area contributed by atoms with Crippen molar-refractivity contribution in [3.63, 3.8) is 0 Å². The Labute approximate surface area is 104 Å². The van der Waals surface area contributed by atoms with E-state index in [0.717, 1.165) is 9.65 Å². The first-order chi connectivity index (χ1) is 7.90. The van der Waals surface area contributed by atoms with E-state index in [4.69, 9.17) is 0 Å². The van der Waals surface area contributed by atoms with Gasteiger partial charge < -0.3 is 0 Å². The summed E-state index contributed by atoms with van der Waals surface area (Å²) in [6, 6.07) is 4.46. The summed E-state index contributed by atoms with van der Waals surface area (Å²) in [7, 11) is 3.15. The number of aromatic nitrogens is 1. The average Bonchev–Trinajstić information content (AvgIpc) is 2.60. The maximum atomic E-state index is 13.0. The van der Waals surface area contributed by atoms with E-state index in [-0.39, 0.29) is 27.0 Å². The molecule has 2 rings (SSSR count). The van der Waals surface area contributed by atoms with Crippen LogP contribution in [-0.4, -0.2) is 53.8 Å². The van der Waals surface area contributed by atoms with Gasteiger partial charge in [-0.3, -0.25) is 0 Å². The van der Waals surface area contributed by atoms with Crippen LogP contribution in [0.2, 0.25) is 0 Å². The summed E-state index contributed by atoms with van der Waals surface area (Å²) in [4.78, 5) is 1.31. The van der Waals surface area contributed by atoms with Crippen molar-refractivity contribution in [2.45, 2.75) is 12.3 Å². The van der Waals surface area contributed by atoms with E-state index in [2.05, 4.69) is 3.98 Å². The van der Waals surface area contributed by atoms with Gasteiger partial charge in [0.1, 0.15) is 0 Å². The Balaban J connectivity index is 2.37. The van der Waals surface area contributed by atoms with Crippen molar-refractivity contribution in [3.05, 3.63) is 29.7 Å². The van der Waals surface area contributed by atoms with Gasteiger partial charge in [-0.25, -0.2) is 0 Å². The average molecular weight is 303 g/mol. The Morgan fingerprint density at radius 3 is 2.76 bits per heavy atom. The summed E-state index contributed by atoms with van der Waals surface area (Å²) in [6.45, 7) is 0. The van der Waals surface area contributed by atoms with Crippen LogP contribution in [0.1, 0.15) is 5.69 Å². The van der Waals surface area contributed by atoms with Gasteiger partial charge in [-0.05, 0) is 0 Å². The SMILES string of the molecule is CN(C)C(O)(O)Cc1n[se]c2cc(F)ccc12. The van der Waals surface area contributed by atoms with Gasteiger partial charge in [0.05, 0.1) is 0 Å². The number of rotatable bonds is 3. The molecule has 2 aromatic rings. The number of halogens is 1. The van der Waals surface area contributed by atoms with Gasteiger partial charge in [-0.2, -0.15) is 0 Å². The number of nitrogens with zero attached hydrogens (tertiary/aromatic N) is 2. The summed E-state index contributed by atoms with van der Waals surface area (Å²) in [6.07, 6.45) is 0.0143. The Morgan fingerprint density at radius 2 is 2.12 bits per heavy atom. The zero-order valence-corrected chi connectivity index (χ0v) is 11.2. The quantitative estimate of drug-likeness (QED) is 0.627. The third kappa shape index (κ3) is 2.56. The third-order valence-corrected chi connectivity index (χ3v) is 4.40. The molecule has 0 radical (unpaired) electrons. The molecular weight excluding hydrogens is 290 g/mol. The topological polar surface area (TPSA) is 56.6 Å². The van der Waals surface area contributed by atoms with Crippen LogP contribution >= 0.6 is 0 Å². The van der Waals surface area contributed by atoms with Crippen LogP contribution in [0.4, 0.5) is 4.39 Å². The Morgan fingerprint density at radius 1 is 1.41 bits per heavy atom. The zero-order chi connectivity index (χ0) is 12.6. The van der Waals surface area contributed by atoms with Crippen molar-refractivity contribution in [3.8, 4) is 0 Å². The first-order valence-electron chi connectivity index (χ1n) is 5.06. The van der Waals surface area contributed by atoms with Gasteiger partial charge in [0.25, 0.3) is 0 Å². The van der Waals surface area contributed by atoms with Gasteiger partial charge >= 0.3 is 104 Å². The number of hydrogen-bond donors (Lipinski definition) is 2. The fraction of sp³-hybridized carbons (Fsp3) is 0.364. The number of likely N-dealkylation sites (N-methyl/N-ethyl adjacent to an activating group) is 1. The second-order valence-electron chi connectivity index (χ2n) is 4.12. The van der Waals surface area contributed by atoms with Crippen LogP contribution in [0.5, 0.6) is 0 Å². The number of fused-ring (bicyclic) bond motifs is 1. The minimum absolute atomic E-state index is 0.0143. The summed E-state index contributed by atoms with van der Waals surface area (Å²) in [5.41, 5.74) is 0.624. The molecule has 0 amide bonds. The predicted molar refractivity (Wildman–Crippen MR) is 63.2 cm³/mol. The molecule has 0 fully saturated rings. The molecule has 0 aliphatic carbocycles. The Bertz CT molecular complexity index is 539. The van der Waals surface area contributed by atoms with Gasteiger partial charge in [0, 0.05) is 0 Å². The minimum atomic E-state index is -1.93. The predicted octanol–water partition coefficient (Wildman–Crippen LogP) is 0.173. The molecule has 6 heteroatoms. The summed E-state index contributed by atoms with van der Waals surface area (Å²) >= 11 is -0.171. The number of hydrogen-bond acceptors (Lipinski definition) is 4. The first-order valence-corrected chi connectivity index (χ1v) is 6.68. The fourth-order valence-corrected chi connectivity index (χ4v) is 3.20. The van der Waals surface area contributed by atoms with Crippen LogP contribution in [0.25, 0.3) is 9.65 Å². The van der Waals surface area contributed by atoms with Gasteiger partial charge in [-0.1, -0.05) is 0 Å². The molecule has 2 N–H and O–H groups in total. The van der Waals surface area contributed by atoms with Crippen LogP contribution < -0.4 is 0 Å². The van der Waals surface area contributed by atoms with Crippen LogP contribution in [0, 0.1) is 5.82 Å². The van der Waals surface area contributed by atoms with E-state index in [1.165, 1.54) is 17.0 Å². The molecule has 0 spiro atoms. The molecule has 0 atom stereocenters. The Kier molecular flexibility index (Phi) is 3.34. The van der Waals surface area contributed by atoms with E-state index in [1.807, 2.05) is 0 Å².